The van der Waals surface area contributed by atoms with E-state index in [1.54, 1.807) is 0 Å². The standard InChI is InChI=1S/C19H21N5O9S/c20-17-16(18(26)21-19(27)23(17)11-1-2-11)14(25)10-33-15-4-3-12(9-13(15)24(28)29)34(30,31)22-5-7-32-8-6-22/h3-4,9,11H,1-2,5-8,10,20H2,(H,21,26,27). The molecule has 0 atom stereocenters. The number of morpholine rings is 1. The van der Waals surface area contributed by atoms with E-state index in [2.05, 4.69) is 0 Å². The highest BCUT2D eigenvalue weighted by Crippen LogP contribution is 2.35. The van der Waals surface area contributed by atoms with Crippen LogP contribution in [-0.4, -0.2) is 65.9 Å². The zero-order valence-corrected chi connectivity index (χ0v) is 18.6. The number of hydrogen-bond donors (Lipinski definition) is 2. The normalized spacial score (nSPS) is 16.8. The van der Waals surface area contributed by atoms with Gasteiger partial charge in [-0.25, -0.2) is 13.2 Å². The molecule has 4 rings (SSSR count). The van der Waals surface area contributed by atoms with Crippen molar-refractivity contribution in [2.45, 2.75) is 23.8 Å². The second kappa shape index (κ2) is 9.00. The summed E-state index contributed by atoms with van der Waals surface area (Å²) in [5.41, 5.74) is 3.01. The first-order chi connectivity index (χ1) is 16.1. The van der Waals surface area contributed by atoms with Gasteiger partial charge in [-0.2, -0.15) is 4.31 Å². The molecule has 1 aliphatic carbocycles. The smallest absolute Gasteiger partial charge is 0.330 e. The molecule has 1 saturated heterocycles. The number of sulfonamides is 1. The zero-order chi connectivity index (χ0) is 24.6. The molecule has 1 saturated carbocycles. The average molecular weight is 495 g/mol. The van der Waals surface area contributed by atoms with Gasteiger partial charge >= 0.3 is 11.4 Å². The number of hydrogen-bond acceptors (Lipinski definition) is 10. The first kappa shape index (κ1) is 23.6. The third kappa shape index (κ3) is 4.44. The van der Waals surface area contributed by atoms with Crippen LogP contribution in [0.25, 0.3) is 0 Å². The molecule has 2 heterocycles. The van der Waals surface area contributed by atoms with Crippen LogP contribution in [0.4, 0.5) is 11.5 Å². The van der Waals surface area contributed by atoms with Gasteiger partial charge in [0.05, 0.1) is 23.0 Å². The molecule has 2 aliphatic rings. The highest BCUT2D eigenvalue weighted by atomic mass is 32.2. The minimum atomic E-state index is -4.00. The summed E-state index contributed by atoms with van der Waals surface area (Å²) in [5, 5.41) is 11.6. The SMILES string of the molecule is Nc1c(C(=O)COc2ccc(S(=O)(=O)N3CCOCC3)cc2[N+](=O)[O-])c(=O)[nH]c(=O)n1C1CC1. The maximum Gasteiger partial charge on any atom is 0.330 e. The van der Waals surface area contributed by atoms with Gasteiger partial charge in [-0.05, 0) is 25.0 Å². The number of nitrogens with two attached hydrogens (primary N) is 1. The second-order valence-corrected chi connectivity index (χ2v) is 9.67. The summed E-state index contributed by atoms with van der Waals surface area (Å²) < 4.78 is 38.3. The lowest BCUT2D eigenvalue weighted by molar-refractivity contribution is -0.386. The van der Waals surface area contributed by atoms with Gasteiger partial charge in [0.15, 0.2) is 12.4 Å². The van der Waals surface area contributed by atoms with Crippen molar-refractivity contribution >= 4 is 27.3 Å². The number of nitrogens with zero attached hydrogens (tertiary/aromatic N) is 3. The number of ketones is 1. The van der Waals surface area contributed by atoms with Crippen molar-refractivity contribution in [3.8, 4) is 5.75 Å². The fourth-order valence-electron chi connectivity index (χ4n) is 3.60. The van der Waals surface area contributed by atoms with Crippen LogP contribution in [0, 0.1) is 10.1 Å². The molecule has 182 valence electrons. The fraction of sp³-hybridized carbons (Fsp3) is 0.421. The van der Waals surface area contributed by atoms with Gasteiger partial charge in [0, 0.05) is 25.2 Å². The Labute approximate surface area is 192 Å². The van der Waals surface area contributed by atoms with Crippen LogP contribution >= 0.6 is 0 Å². The third-order valence-electron chi connectivity index (χ3n) is 5.47. The topological polar surface area (TPSA) is 197 Å². The van der Waals surface area contributed by atoms with E-state index in [4.69, 9.17) is 15.2 Å². The van der Waals surface area contributed by atoms with Gasteiger partial charge in [0.2, 0.25) is 15.8 Å². The van der Waals surface area contributed by atoms with Gasteiger partial charge in [0.25, 0.3) is 5.56 Å². The molecule has 2 aromatic rings. The monoisotopic (exact) mass is 495 g/mol. The fourth-order valence-corrected chi connectivity index (χ4v) is 5.03. The highest BCUT2D eigenvalue weighted by Gasteiger charge is 2.31. The molecule has 0 radical (unpaired) electrons. The number of carbonyl (C=O) groups excluding carboxylic acids is 1. The number of carbonyl (C=O) groups is 1. The van der Waals surface area contributed by atoms with Crippen LogP contribution in [0.15, 0.2) is 32.7 Å². The van der Waals surface area contributed by atoms with Gasteiger partial charge in [-0.15, -0.1) is 0 Å². The number of rotatable bonds is 8. The van der Waals surface area contributed by atoms with Gasteiger partial charge < -0.3 is 15.2 Å². The predicted octanol–water partition coefficient (Wildman–Crippen LogP) is -0.355. The quantitative estimate of drug-likeness (QED) is 0.277. The molecular weight excluding hydrogens is 474 g/mol. The van der Waals surface area contributed by atoms with Crippen LogP contribution < -0.4 is 21.7 Å². The summed E-state index contributed by atoms with van der Waals surface area (Å²) in [5.74, 6) is -1.57. The lowest BCUT2D eigenvalue weighted by Gasteiger charge is -2.26. The number of nitro benzene ring substituents is 1. The van der Waals surface area contributed by atoms with Gasteiger partial charge in [0.1, 0.15) is 11.4 Å². The lowest BCUT2D eigenvalue weighted by atomic mass is 10.2. The third-order valence-corrected chi connectivity index (χ3v) is 7.36. The Hall–Kier alpha value is -3.56. The number of benzene rings is 1. The molecule has 3 N–H and O–H groups in total. The maximum absolute atomic E-state index is 12.8. The molecule has 0 amide bonds. The number of nitro groups is 1. The van der Waals surface area contributed by atoms with Gasteiger partial charge in [-0.3, -0.25) is 29.3 Å². The molecule has 0 spiro atoms. The summed E-state index contributed by atoms with van der Waals surface area (Å²) in [6.07, 6.45) is 1.35. The highest BCUT2D eigenvalue weighted by molar-refractivity contribution is 7.89. The number of anilines is 1. The van der Waals surface area contributed by atoms with E-state index < -0.39 is 49.8 Å². The molecule has 1 aliphatic heterocycles. The Bertz CT molecular complexity index is 1370. The Morgan fingerprint density at radius 3 is 2.56 bits per heavy atom. The van der Waals surface area contributed by atoms with Crippen LogP contribution in [0.5, 0.6) is 5.75 Å². The van der Waals surface area contributed by atoms with E-state index in [0.29, 0.717) is 12.8 Å². The number of aromatic amines is 1. The van der Waals surface area contributed by atoms with Gasteiger partial charge in [-0.1, -0.05) is 0 Å². The summed E-state index contributed by atoms with van der Waals surface area (Å²) in [7, 11) is -4.00. The predicted molar refractivity (Wildman–Crippen MR) is 117 cm³/mol. The molecule has 1 aromatic carbocycles. The van der Waals surface area contributed by atoms with Crippen LogP contribution in [0.1, 0.15) is 29.2 Å². The number of Topliss-reactive ketones (excluding diaryl/α,β-unsaturated/α-hetero) is 1. The maximum atomic E-state index is 12.8. The van der Waals surface area contributed by atoms with Crippen molar-refractivity contribution < 1.29 is 27.6 Å². The number of ether oxygens (including phenoxy) is 2. The Kier molecular flexibility index (Phi) is 6.24. The number of aromatic nitrogens is 2. The molecule has 1 aromatic heterocycles. The Balaban J connectivity index is 1.58. The summed E-state index contributed by atoms with van der Waals surface area (Å²) >= 11 is 0. The first-order valence-electron chi connectivity index (χ1n) is 10.3. The number of H-pyrrole nitrogens is 1. The van der Waals surface area contributed by atoms with E-state index in [0.717, 1.165) is 27.1 Å². The van der Waals surface area contributed by atoms with Crippen molar-refractivity contribution in [1.29, 1.82) is 0 Å². The molecule has 0 bridgehead atoms. The van der Waals surface area contributed by atoms with E-state index in [1.807, 2.05) is 4.98 Å². The summed E-state index contributed by atoms with van der Waals surface area (Å²) in [6.45, 7) is -0.155. The van der Waals surface area contributed by atoms with E-state index in [9.17, 15) is 32.9 Å². The molecule has 34 heavy (non-hydrogen) atoms. The summed E-state index contributed by atoms with van der Waals surface area (Å²) in [6, 6.07) is 2.83. The molecular formula is C19H21N5O9S. The Morgan fingerprint density at radius 1 is 1.26 bits per heavy atom. The second-order valence-electron chi connectivity index (χ2n) is 7.74. The first-order valence-corrected chi connectivity index (χ1v) is 11.7. The van der Waals surface area contributed by atoms with E-state index in [-0.39, 0.29) is 48.8 Å². The number of nitrogen functional groups attached to an aromatic ring is 1. The average Bonchev–Trinajstić information content (AvgIpc) is 3.62. The zero-order valence-electron chi connectivity index (χ0n) is 17.8. The molecule has 14 nitrogen and oxygen atoms in total. The molecule has 0 unspecified atom stereocenters. The van der Waals surface area contributed by atoms with E-state index >= 15 is 0 Å². The minimum Gasteiger partial charge on any atom is -0.478 e. The van der Waals surface area contributed by atoms with Crippen molar-refractivity contribution in [1.82, 2.24) is 13.9 Å². The molecule has 2 fully saturated rings. The van der Waals surface area contributed by atoms with Crippen LogP contribution in [0.2, 0.25) is 0 Å². The van der Waals surface area contributed by atoms with Crippen LogP contribution in [-0.2, 0) is 14.8 Å². The van der Waals surface area contributed by atoms with Crippen molar-refractivity contribution in [2.24, 2.45) is 0 Å². The van der Waals surface area contributed by atoms with E-state index in [1.165, 1.54) is 0 Å². The van der Waals surface area contributed by atoms with Crippen LogP contribution in [0.3, 0.4) is 0 Å². The summed E-state index contributed by atoms with van der Waals surface area (Å²) in [4.78, 5) is 49.3. The van der Waals surface area contributed by atoms with Crippen molar-refractivity contribution in [3.05, 3.63) is 54.7 Å². The van der Waals surface area contributed by atoms with Crippen molar-refractivity contribution in [2.75, 3.05) is 38.6 Å². The van der Waals surface area contributed by atoms with Crippen molar-refractivity contribution in [3.63, 3.8) is 0 Å². The Morgan fingerprint density at radius 2 is 1.94 bits per heavy atom. The largest absolute Gasteiger partial charge is 0.478 e. The lowest BCUT2D eigenvalue weighted by Crippen LogP contribution is -2.40. The number of nitrogens with one attached hydrogen (secondary N) is 1. The molecule has 15 heteroatoms. The minimum absolute atomic E-state index is 0.113.